The normalized spacial score (nSPS) is 15.9. The molecule has 0 unspecified atom stereocenters. The van der Waals surface area contributed by atoms with Crippen molar-refractivity contribution in [2.75, 3.05) is 0 Å². The molecule has 1 saturated carbocycles. The molecule has 0 atom stereocenters. The molecule has 0 saturated heterocycles. The number of hydrogen-bond acceptors (Lipinski definition) is 1. The van der Waals surface area contributed by atoms with Crippen LogP contribution in [0.1, 0.15) is 30.0 Å². The number of halogens is 3. The van der Waals surface area contributed by atoms with Crippen LogP contribution in [0.25, 0.3) is 5.69 Å². The van der Waals surface area contributed by atoms with Crippen molar-refractivity contribution in [3.05, 3.63) is 47.8 Å². The summed E-state index contributed by atoms with van der Waals surface area (Å²) in [5, 5.41) is 4.12. The van der Waals surface area contributed by atoms with Crippen LogP contribution in [0.15, 0.2) is 36.5 Å². The lowest BCUT2D eigenvalue weighted by Gasteiger charge is -2.10. The summed E-state index contributed by atoms with van der Waals surface area (Å²) in [7, 11) is 0. The molecule has 0 bridgehead atoms. The van der Waals surface area contributed by atoms with Crippen LogP contribution < -0.4 is 0 Å². The van der Waals surface area contributed by atoms with E-state index in [-0.39, 0.29) is 0 Å². The number of benzene rings is 1. The van der Waals surface area contributed by atoms with Gasteiger partial charge in [-0.3, -0.25) is 0 Å². The molecule has 2 aromatic rings. The maximum Gasteiger partial charge on any atom is 0.416 e. The highest BCUT2D eigenvalue weighted by molar-refractivity contribution is 5.38. The van der Waals surface area contributed by atoms with Crippen molar-refractivity contribution in [1.82, 2.24) is 9.78 Å². The van der Waals surface area contributed by atoms with Crippen LogP contribution in [0.4, 0.5) is 13.2 Å². The van der Waals surface area contributed by atoms with Gasteiger partial charge in [-0.2, -0.15) is 18.3 Å². The van der Waals surface area contributed by atoms with Crippen molar-refractivity contribution < 1.29 is 13.2 Å². The van der Waals surface area contributed by atoms with E-state index in [1.807, 2.05) is 6.07 Å². The Morgan fingerprint density at radius 3 is 2.61 bits per heavy atom. The fourth-order valence-corrected chi connectivity index (χ4v) is 2.03. The second kappa shape index (κ2) is 3.86. The first-order valence-electron chi connectivity index (χ1n) is 5.77. The van der Waals surface area contributed by atoms with E-state index in [4.69, 9.17) is 0 Å². The van der Waals surface area contributed by atoms with Crippen LogP contribution >= 0.6 is 0 Å². The summed E-state index contributed by atoms with van der Waals surface area (Å²) >= 11 is 0. The smallest absolute Gasteiger partial charge is 0.238 e. The quantitative estimate of drug-likeness (QED) is 0.795. The third kappa shape index (κ3) is 2.00. The minimum absolute atomic E-state index is 0.446. The van der Waals surface area contributed by atoms with Gasteiger partial charge >= 0.3 is 6.18 Å². The maximum atomic E-state index is 12.7. The number of nitrogens with zero attached hydrogens (tertiary/aromatic N) is 2. The molecule has 0 radical (unpaired) electrons. The van der Waals surface area contributed by atoms with E-state index in [0.29, 0.717) is 11.6 Å². The first-order chi connectivity index (χ1) is 8.55. The lowest BCUT2D eigenvalue weighted by atomic mass is 10.2. The zero-order valence-electron chi connectivity index (χ0n) is 9.48. The molecule has 18 heavy (non-hydrogen) atoms. The SMILES string of the molecule is FC(F)(F)c1cccc(-n2nccc2C2CC2)c1. The van der Waals surface area contributed by atoms with E-state index >= 15 is 0 Å². The summed E-state index contributed by atoms with van der Waals surface area (Å²) < 4.78 is 39.6. The monoisotopic (exact) mass is 252 g/mol. The molecule has 1 aliphatic carbocycles. The highest BCUT2D eigenvalue weighted by Gasteiger charge is 2.31. The molecule has 0 spiro atoms. The molecule has 1 heterocycles. The number of rotatable bonds is 2. The van der Waals surface area contributed by atoms with Crippen molar-refractivity contribution in [3.63, 3.8) is 0 Å². The molecule has 0 amide bonds. The summed E-state index contributed by atoms with van der Waals surface area (Å²) in [5.74, 6) is 0.446. The van der Waals surface area contributed by atoms with Gasteiger partial charge in [0, 0.05) is 17.8 Å². The predicted molar refractivity (Wildman–Crippen MR) is 60.5 cm³/mol. The van der Waals surface area contributed by atoms with E-state index < -0.39 is 11.7 Å². The third-order valence-corrected chi connectivity index (χ3v) is 3.09. The highest BCUT2D eigenvalue weighted by atomic mass is 19.4. The van der Waals surface area contributed by atoms with Crippen LogP contribution in [-0.2, 0) is 6.18 Å². The van der Waals surface area contributed by atoms with Gasteiger partial charge in [0.1, 0.15) is 0 Å². The number of hydrogen-bond donors (Lipinski definition) is 0. The van der Waals surface area contributed by atoms with Gasteiger partial charge in [0.15, 0.2) is 0 Å². The standard InChI is InChI=1S/C13H11F3N2/c14-13(15,16)10-2-1-3-11(8-10)18-12(6-7-17-18)9-4-5-9/h1-3,6-9H,4-5H2. The van der Waals surface area contributed by atoms with Gasteiger partial charge in [0.25, 0.3) is 0 Å². The molecule has 3 rings (SSSR count). The molecule has 2 nitrogen and oxygen atoms in total. The van der Waals surface area contributed by atoms with Crippen LogP contribution in [0, 0.1) is 0 Å². The lowest BCUT2D eigenvalue weighted by Crippen LogP contribution is -2.07. The molecule has 0 aliphatic heterocycles. The van der Waals surface area contributed by atoms with E-state index in [0.717, 1.165) is 30.7 Å². The molecule has 5 heteroatoms. The molecule has 0 N–H and O–H groups in total. The summed E-state index contributed by atoms with van der Waals surface area (Å²) in [6, 6.07) is 7.14. The van der Waals surface area contributed by atoms with Crippen molar-refractivity contribution >= 4 is 0 Å². The van der Waals surface area contributed by atoms with Gasteiger partial charge in [0.05, 0.1) is 11.3 Å². The van der Waals surface area contributed by atoms with E-state index in [1.165, 1.54) is 6.07 Å². The average Bonchev–Trinajstić information content (AvgIpc) is 3.06. The van der Waals surface area contributed by atoms with Gasteiger partial charge in [-0.15, -0.1) is 0 Å². The van der Waals surface area contributed by atoms with Gasteiger partial charge in [-0.1, -0.05) is 6.07 Å². The Balaban J connectivity index is 2.03. The molecular weight excluding hydrogens is 241 g/mol. The minimum Gasteiger partial charge on any atom is -0.238 e. The Hall–Kier alpha value is -1.78. The summed E-state index contributed by atoms with van der Waals surface area (Å²) in [5.41, 5.74) is 0.822. The van der Waals surface area contributed by atoms with Crippen molar-refractivity contribution in [3.8, 4) is 5.69 Å². The van der Waals surface area contributed by atoms with E-state index in [2.05, 4.69) is 5.10 Å². The van der Waals surface area contributed by atoms with Crippen LogP contribution in [-0.4, -0.2) is 9.78 Å². The topological polar surface area (TPSA) is 17.8 Å². The Labute approximate surface area is 102 Å². The molecule has 1 fully saturated rings. The van der Waals surface area contributed by atoms with Gasteiger partial charge in [-0.25, -0.2) is 4.68 Å². The van der Waals surface area contributed by atoms with Crippen molar-refractivity contribution in [2.24, 2.45) is 0 Å². The molecule has 1 aliphatic rings. The molecular formula is C13H11F3N2. The zero-order valence-corrected chi connectivity index (χ0v) is 9.48. The van der Waals surface area contributed by atoms with Crippen LogP contribution in [0.3, 0.4) is 0 Å². The number of alkyl halides is 3. The van der Waals surface area contributed by atoms with Gasteiger partial charge in [-0.05, 0) is 37.1 Å². The van der Waals surface area contributed by atoms with Crippen molar-refractivity contribution in [2.45, 2.75) is 24.9 Å². The minimum atomic E-state index is -4.32. The van der Waals surface area contributed by atoms with Crippen molar-refractivity contribution in [1.29, 1.82) is 0 Å². The summed E-state index contributed by atoms with van der Waals surface area (Å²) in [6.07, 6.45) is -0.508. The fraction of sp³-hybridized carbons (Fsp3) is 0.308. The van der Waals surface area contributed by atoms with E-state index in [9.17, 15) is 13.2 Å². The molecule has 94 valence electrons. The van der Waals surface area contributed by atoms with Crippen LogP contribution in [0.2, 0.25) is 0 Å². The zero-order chi connectivity index (χ0) is 12.8. The maximum absolute atomic E-state index is 12.7. The summed E-state index contributed by atoms with van der Waals surface area (Å²) in [4.78, 5) is 0. The highest BCUT2D eigenvalue weighted by Crippen LogP contribution is 2.40. The fourth-order valence-electron chi connectivity index (χ4n) is 2.03. The van der Waals surface area contributed by atoms with E-state index in [1.54, 1.807) is 16.9 Å². The summed E-state index contributed by atoms with van der Waals surface area (Å²) in [6.45, 7) is 0. The van der Waals surface area contributed by atoms with Crippen LogP contribution in [0.5, 0.6) is 0 Å². The largest absolute Gasteiger partial charge is 0.416 e. The van der Waals surface area contributed by atoms with Gasteiger partial charge in [0.2, 0.25) is 0 Å². The first kappa shape index (κ1) is 11.3. The molecule has 1 aromatic carbocycles. The Morgan fingerprint density at radius 2 is 1.94 bits per heavy atom. The second-order valence-corrected chi connectivity index (χ2v) is 4.49. The average molecular weight is 252 g/mol. The first-order valence-corrected chi connectivity index (χ1v) is 5.77. The second-order valence-electron chi connectivity index (χ2n) is 4.49. The lowest BCUT2D eigenvalue weighted by molar-refractivity contribution is -0.137. The molecule has 1 aromatic heterocycles. The third-order valence-electron chi connectivity index (χ3n) is 3.09. The Bertz CT molecular complexity index is 568. The Kier molecular flexibility index (Phi) is 2.43. The van der Waals surface area contributed by atoms with Gasteiger partial charge < -0.3 is 0 Å². The predicted octanol–water partition coefficient (Wildman–Crippen LogP) is 3.77. The number of aromatic nitrogens is 2. The Morgan fingerprint density at radius 1 is 1.17 bits per heavy atom.